The fraction of sp³-hybridized carbons (Fsp3) is 0.929. The van der Waals surface area contributed by atoms with Crippen molar-refractivity contribution in [3.63, 3.8) is 0 Å². The van der Waals surface area contributed by atoms with Crippen molar-refractivity contribution in [3.8, 4) is 0 Å². The van der Waals surface area contributed by atoms with E-state index in [4.69, 9.17) is 4.74 Å². The third-order valence-electron chi connectivity index (χ3n) is 2.97. The van der Waals surface area contributed by atoms with E-state index in [-0.39, 0.29) is 0 Å². The maximum absolute atomic E-state index is 5.05. The molecule has 0 rings (SSSR count). The van der Waals surface area contributed by atoms with Crippen LogP contribution in [0.4, 0.5) is 0 Å². The van der Waals surface area contributed by atoms with E-state index in [1.165, 1.54) is 18.6 Å². The monoisotopic (exact) mass is 304 g/mol. The fourth-order valence-electron chi connectivity index (χ4n) is 1.75. The molecular formula is C14H32N4OS. The van der Waals surface area contributed by atoms with Crippen LogP contribution in [-0.2, 0) is 4.74 Å². The third-order valence-corrected chi connectivity index (χ3v) is 3.66. The number of rotatable bonds is 12. The first-order valence-corrected chi connectivity index (χ1v) is 8.75. The van der Waals surface area contributed by atoms with Crippen molar-refractivity contribution in [3.05, 3.63) is 0 Å². The summed E-state index contributed by atoms with van der Waals surface area (Å²) in [6.45, 7) is 4.81. The summed E-state index contributed by atoms with van der Waals surface area (Å²) in [5.41, 5.74) is 0. The van der Waals surface area contributed by atoms with E-state index in [0.29, 0.717) is 0 Å². The van der Waals surface area contributed by atoms with E-state index in [2.05, 4.69) is 33.8 Å². The van der Waals surface area contributed by atoms with E-state index >= 15 is 0 Å². The van der Waals surface area contributed by atoms with Crippen LogP contribution in [0.15, 0.2) is 4.99 Å². The number of hydrogen-bond donors (Lipinski definition) is 2. The average Bonchev–Trinajstić information content (AvgIpc) is 2.45. The average molecular weight is 305 g/mol. The molecule has 6 heteroatoms. The molecular weight excluding hydrogens is 272 g/mol. The summed E-state index contributed by atoms with van der Waals surface area (Å²) in [5, 5.41) is 6.69. The second kappa shape index (κ2) is 14.9. The van der Waals surface area contributed by atoms with Crippen LogP contribution in [0.1, 0.15) is 19.3 Å². The first-order chi connectivity index (χ1) is 9.74. The van der Waals surface area contributed by atoms with Gasteiger partial charge in [0.2, 0.25) is 0 Å². The Hall–Kier alpha value is -0.460. The highest BCUT2D eigenvalue weighted by Gasteiger charge is 2.00. The standard InChI is InChI=1S/C14H32N4OS/c1-15-14(16-8-5-6-13-20-4)17-9-11-18(2)10-7-12-19-3/h5-13H2,1-4H3,(H2,15,16,17). The van der Waals surface area contributed by atoms with Gasteiger partial charge in [-0.25, -0.2) is 0 Å². The number of guanidine groups is 1. The summed E-state index contributed by atoms with van der Waals surface area (Å²) in [7, 11) is 5.70. The van der Waals surface area contributed by atoms with Crippen molar-refractivity contribution in [2.24, 2.45) is 4.99 Å². The number of unbranched alkanes of at least 4 members (excludes halogenated alkanes) is 1. The van der Waals surface area contributed by atoms with Gasteiger partial charge in [-0.1, -0.05) is 0 Å². The molecule has 20 heavy (non-hydrogen) atoms. The Labute approximate surface area is 128 Å². The van der Waals surface area contributed by atoms with Crippen molar-refractivity contribution < 1.29 is 4.74 Å². The minimum absolute atomic E-state index is 0.830. The number of likely N-dealkylation sites (N-methyl/N-ethyl adjacent to an activating group) is 1. The zero-order valence-electron chi connectivity index (χ0n) is 13.6. The maximum Gasteiger partial charge on any atom is 0.191 e. The van der Waals surface area contributed by atoms with Gasteiger partial charge in [-0.15, -0.1) is 0 Å². The normalized spacial score (nSPS) is 11.9. The number of methoxy groups -OCH3 is 1. The second-order valence-corrected chi connectivity index (χ2v) is 5.76. The van der Waals surface area contributed by atoms with Gasteiger partial charge < -0.3 is 20.3 Å². The molecule has 0 radical (unpaired) electrons. The number of thioether (sulfide) groups is 1. The van der Waals surface area contributed by atoms with E-state index in [9.17, 15) is 0 Å². The minimum atomic E-state index is 0.830. The van der Waals surface area contributed by atoms with Crippen LogP contribution in [0.5, 0.6) is 0 Å². The second-order valence-electron chi connectivity index (χ2n) is 4.78. The molecule has 0 fully saturated rings. The molecule has 2 N–H and O–H groups in total. The molecule has 0 saturated carbocycles. The summed E-state index contributed by atoms with van der Waals surface area (Å²) in [6, 6.07) is 0. The third kappa shape index (κ3) is 12.6. The van der Waals surface area contributed by atoms with Gasteiger partial charge in [0.1, 0.15) is 0 Å². The van der Waals surface area contributed by atoms with Crippen molar-refractivity contribution in [2.45, 2.75) is 19.3 Å². The molecule has 120 valence electrons. The molecule has 0 aliphatic rings. The zero-order chi connectivity index (χ0) is 15.1. The number of ether oxygens (including phenoxy) is 1. The smallest absolute Gasteiger partial charge is 0.191 e. The number of nitrogens with one attached hydrogen (secondary N) is 2. The summed E-state index contributed by atoms with van der Waals surface area (Å²) in [6.07, 6.45) is 5.68. The Bertz CT molecular complexity index is 239. The topological polar surface area (TPSA) is 48.9 Å². The van der Waals surface area contributed by atoms with Crippen LogP contribution in [0, 0.1) is 0 Å². The SMILES string of the molecule is CN=C(NCCCCSC)NCCN(C)CCCOC. The molecule has 5 nitrogen and oxygen atoms in total. The Morgan fingerprint density at radius 3 is 2.55 bits per heavy atom. The van der Waals surface area contributed by atoms with E-state index in [1.54, 1.807) is 7.11 Å². The van der Waals surface area contributed by atoms with Crippen LogP contribution in [0.2, 0.25) is 0 Å². The largest absolute Gasteiger partial charge is 0.385 e. The predicted molar refractivity (Wildman–Crippen MR) is 91.0 cm³/mol. The lowest BCUT2D eigenvalue weighted by Crippen LogP contribution is -2.41. The van der Waals surface area contributed by atoms with E-state index in [0.717, 1.165) is 45.2 Å². The van der Waals surface area contributed by atoms with Crippen LogP contribution in [-0.4, -0.2) is 76.9 Å². The summed E-state index contributed by atoms with van der Waals surface area (Å²) < 4.78 is 5.05. The molecule has 0 spiro atoms. The van der Waals surface area contributed by atoms with Gasteiger partial charge in [0.05, 0.1) is 0 Å². The van der Waals surface area contributed by atoms with Crippen molar-refractivity contribution in [1.82, 2.24) is 15.5 Å². The quantitative estimate of drug-likeness (QED) is 0.323. The van der Waals surface area contributed by atoms with Crippen molar-refractivity contribution in [2.75, 3.05) is 66.0 Å². The van der Waals surface area contributed by atoms with Gasteiger partial charge in [0.25, 0.3) is 0 Å². The molecule has 0 aliphatic heterocycles. The molecule has 0 atom stereocenters. The van der Waals surface area contributed by atoms with Crippen molar-refractivity contribution in [1.29, 1.82) is 0 Å². The molecule has 0 aliphatic carbocycles. The lowest BCUT2D eigenvalue weighted by molar-refractivity contribution is 0.180. The highest BCUT2D eigenvalue weighted by atomic mass is 32.2. The lowest BCUT2D eigenvalue weighted by Gasteiger charge is -2.18. The van der Waals surface area contributed by atoms with Gasteiger partial charge in [-0.2, -0.15) is 11.8 Å². The van der Waals surface area contributed by atoms with Crippen LogP contribution >= 0.6 is 11.8 Å². The van der Waals surface area contributed by atoms with Gasteiger partial charge >= 0.3 is 0 Å². The van der Waals surface area contributed by atoms with Crippen molar-refractivity contribution >= 4 is 17.7 Å². The highest BCUT2D eigenvalue weighted by Crippen LogP contribution is 1.97. The van der Waals surface area contributed by atoms with E-state index < -0.39 is 0 Å². The molecule has 0 heterocycles. The Balaban J connectivity index is 3.54. The molecule has 0 aromatic rings. The first kappa shape index (κ1) is 19.5. The van der Waals surface area contributed by atoms with Crippen LogP contribution < -0.4 is 10.6 Å². The molecule has 0 unspecified atom stereocenters. The summed E-state index contributed by atoms with van der Waals surface area (Å²) >= 11 is 1.90. The maximum atomic E-state index is 5.05. The predicted octanol–water partition coefficient (Wildman–Crippen LogP) is 1.26. The number of hydrogen-bond acceptors (Lipinski definition) is 4. The molecule has 0 aromatic heterocycles. The molecule has 0 amide bonds. The fourth-order valence-corrected chi connectivity index (χ4v) is 2.25. The van der Waals surface area contributed by atoms with Crippen LogP contribution in [0.25, 0.3) is 0 Å². The van der Waals surface area contributed by atoms with Gasteiger partial charge in [0, 0.05) is 46.9 Å². The minimum Gasteiger partial charge on any atom is -0.385 e. The molecule has 0 saturated heterocycles. The highest BCUT2D eigenvalue weighted by molar-refractivity contribution is 7.98. The molecule has 0 bridgehead atoms. The van der Waals surface area contributed by atoms with E-state index in [1.807, 2.05) is 18.8 Å². The first-order valence-electron chi connectivity index (χ1n) is 7.35. The zero-order valence-corrected chi connectivity index (χ0v) is 14.4. The Morgan fingerprint density at radius 1 is 1.15 bits per heavy atom. The number of aliphatic imine (C=N–C) groups is 1. The summed E-state index contributed by atoms with van der Waals surface area (Å²) in [4.78, 5) is 6.53. The molecule has 0 aromatic carbocycles. The van der Waals surface area contributed by atoms with Gasteiger partial charge in [0.15, 0.2) is 5.96 Å². The van der Waals surface area contributed by atoms with Gasteiger partial charge in [-0.05, 0) is 38.3 Å². The van der Waals surface area contributed by atoms with Gasteiger partial charge in [-0.3, -0.25) is 4.99 Å². The van der Waals surface area contributed by atoms with Crippen LogP contribution in [0.3, 0.4) is 0 Å². The summed E-state index contributed by atoms with van der Waals surface area (Å²) in [5.74, 6) is 2.14. The Morgan fingerprint density at radius 2 is 1.90 bits per heavy atom. The lowest BCUT2D eigenvalue weighted by atomic mass is 10.3. The number of nitrogens with zero attached hydrogens (tertiary/aromatic N) is 2. The Kier molecular flexibility index (Phi) is 14.6.